The summed E-state index contributed by atoms with van der Waals surface area (Å²) >= 11 is 1.17. The van der Waals surface area contributed by atoms with Crippen molar-refractivity contribution in [1.29, 1.82) is 0 Å². The second-order valence-electron chi connectivity index (χ2n) is 9.83. The van der Waals surface area contributed by atoms with Gasteiger partial charge in [0.1, 0.15) is 11.8 Å². The van der Waals surface area contributed by atoms with E-state index in [1.54, 1.807) is 32.1 Å². The van der Waals surface area contributed by atoms with Gasteiger partial charge in [-0.2, -0.15) is 0 Å². The van der Waals surface area contributed by atoms with E-state index in [2.05, 4.69) is 21.8 Å². The molecule has 0 spiro atoms. The third kappa shape index (κ3) is 5.40. The van der Waals surface area contributed by atoms with Crippen LogP contribution in [-0.2, 0) is 9.53 Å². The van der Waals surface area contributed by atoms with E-state index >= 15 is 0 Å². The van der Waals surface area contributed by atoms with E-state index in [9.17, 15) is 19.7 Å². The first-order valence-electron chi connectivity index (χ1n) is 13.3. The molecule has 3 heterocycles. The van der Waals surface area contributed by atoms with E-state index in [0.29, 0.717) is 31.9 Å². The number of methoxy groups -OCH3 is 1. The van der Waals surface area contributed by atoms with Crippen molar-refractivity contribution in [1.82, 2.24) is 9.47 Å². The van der Waals surface area contributed by atoms with Crippen LogP contribution in [0.15, 0.2) is 63.5 Å². The Kier molecular flexibility index (Phi) is 8.04. The average Bonchev–Trinajstić information content (AvgIpc) is 3.26. The number of ether oxygens (including phenoxy) is 2. The number of thiazole rings is 1. The van der Waals surface area contributed by atoms with Gasteiger partial charge in [0.2, 0.25) is 0 Å². The molecule has 1 saturated heterocycles. The lowest BCUT2D eigenvalue weighted by atomic mass is 9.95. The summed E-state index contributed by atoms with van der Waals surface area (Å²) < 4.78 is 12.8. The molecular weight excluding hydrogens is 546 g/mol. The van der Waals surface area contributed by atoms with Crippen molar-refractivity contribution in [3.05, 3.63) is 94.7 Å². The molecule has 2 aliphatic rings. The molecule has 0 aliphatic carbocycles. The summed E-state index contributed by atoms with van der Waals surface area (Å²) in [6, 6.07) is 11.1. The van der Waals surface area contributed by atoms with Crippen LogP contribution in [0.2, 0.25) is 0 Å². The Labute approximate surface area is 240 Å². The molecule has 1 unspecified atom stereocenters. The highest BCUT2D eigenvalue weighted by atomic mass is 32.1. The monoisotopic (exact) mass is 577 g/mol. The number of esters is 1. The molecule has 214 valence electrons. The first-order chi connectivity index (χ1) is 19.7. The largest absolute Gasteiger partial charge is 0.496 e. The maximum absolute atomic E-state index is 14.1. The minimum atomic E-state index is -0.828. The summed E-state index contributed by atoms with van der Waals surface area (Å²) in [6.45, 7) is 6.83. The van der Waals surface area contributed by atoms with Gasteiger partial charge >= 0.3 is 5.97 Å². The summed E-state index contributed by atoms with van der Waals surface area (Å²) in [4.78, 5) is 47.9. The predicted octanol–water partition coefficient (Wildman–Crippen LogP) is 2.47. The lowest BCUT2D eigenvalue weighted by molar-refractivity contribution is -0.384. The Morgan fingerprint density at radius 2 is 1.93 bits per heavy atom. The first-order valence-corrected chi connectivity index (χ1v) is 14.1. The number of carbonyl (C=O) groups excluding carboxylic acids is 1. The number of nitrogens with zero attached hydrogens (tertiary/aromatic N) is 5. The number of nitro benzene ring substituents is 1. The Morgan fingerprint density at radius 1 is 1.20 bits per heavy atom. The lowest BCUT2D eigenvalue weighted by Gasteiger charge is -2.34. The van der Waals surface area contributed by atoms with Crippen LogP contribution in [0.3, 0.4) is 0 Å². The summed E-state index contributed by atoms with van der Waals surface area (Å²) in [7, 11) is 3.59. The van der Waals surface area contributed by atoms with Crippen LogP contribution < -0.4 is 24.5 Å². The van der Waals surface area contributed by atoms with Crippen molar-refractivity contribution in [3.63, 3.8) is 0 Å². The lowest BCUT2D eigenvalue weighted by Crippen LogP contribution is -2.44. The van der Waals surface area contributed by atoms with Crippen molar-refractivity contribution >= 4 is 34.8 Å². The van der Waals surface area contributed by atoms with E-state index in [1.165, 1.54) is 35.1 Å². The number of likely N-dealkylation sites (N-methyl/N-ethyl adjacent to an activating group) is 1. The topological polar surface area (TPSA) is 120 Å². The Bertz CT molecular complexity index is 1720. The number of nitro groups is 1. The standard InChI is InChI=1S/C29H31N5O6S/c1-5-40-28(36)25-18(2)30-29-33(26(25)21-8-6-7-9-23(21)39-4)27(35)24(41-29)17-19-16-20(34(37)38)10-11-22(19)32-14-12-31(3)13-15-32/h6-11,16-17,26H,5,12-15H2,1-4H3/b24-17+. The van der Waals surface area contributed by atoms with E-state index in [-0.39, 0.29) is 23.4 Å². The molecule has 1 aromatic heterocycles. The molecule has 0 radical (unpaired) electrons. The number of rotatable bonds is 7. The van der Waals surface area contributed by atoms with Crippen molar-refractivity contribution in [3.8, 4) is 5.75 Å². The quantitative estimate of drug-likeness (QED) is 0.239. The number of anilines is 1. The van der Waals surface area contributed by atoms with Crippen molar-refractivity contribution in [2.75, 3.05) is 51.8 Å². The Balaban J connectivity index is 1.72. The van der Waals surface area contributed by atoms with Crippen LogP contribution in [0.5, 0.6) is 5.75 Å². The number of hydrogen-bond donors (Lipinski definition) is 0. The number of non-ortho nitro benzene ring substituents is 1. The number of benzene rings is 2. The first kappa shape index (κ1) is 28.2. The molecule has 0 amide bonds. The zero-order chi connectivity index (χ0) is 29.3. The second kappa shape index (κ2) is 11.7. The molecule has 5 rings (SSSR count). The van der Waals surface area contributed by atoms with Crippen LogP contribution in [0, 0.1) is 10.1 Å². The zero-order valence-electron chi connectivity index (χ0n) is 23.3. The maximum Gasteiger partial charge on any atom is 0.338 e. The van der Waals surface area contributed by atoms with E-state index in [1.807, 2.05) is 18.2 Å². The van der Waals surface area contributed by atoms with Crippen LogP contribution in [-0.4, -0.2) is 67.3 Å². The fraction of sp³-hybridized carbons (Fsp3) is 0.345. The summed E-state index contributed by atoms with van der Waals surface area (Å²) in [5.74, 6) is -0.0467. The molecule has 3 aromatic rings. The second-order valence-corrected chi connectivity index (χ2v) is 10.8. The third-order valence-electron chi connectivity index (χ3n) is 7.30. The molecule has 41 heavy (non-hydrogen) atoms. The zero-order valence-corrected chi connectivity index (χ0v) is 24.1. The van der Waals surface area contributed by atoms with E-state index < -0.39 is 16.9 Å². The van der Waals surface area contributed by atoms with Crippen LogP contribution in [0.25, 0.3) is 6.08 Å². The molecule has 2 aliphatic heterocycles. The Hall–Kier alpha value is -4.29. The fourth-order valence-corrected chi connectivity index (χ4v) is 6.26. The number of para-hydroxylation sites is 1. The number of hydrogen-bond acceptors (Lipinski definition) is 10. The minimum absolute atomic E-state index is 0.0609. The Morgan fingerprint density at radius 3 is 2.61 bits per heavy atom. The molecule has 2 aromatic carbocycles. The number of allylic oxidation sites excluding steroid dienone is 1. The highest BCUT2D eigenvalue weighted by molar-refractivity contribution is 7.07. The molecule has 0 bridgehead atoms. The number of fused-ring (bicyclic) bond motifs is 1. The number of carbonyl (C=O) groups is 1. The van der Waals surface area contributed by atoms with Gasteiger partial charge in [-0.15, -0.1) is 0 Å². The van der Waals surface area contributed by atoms with Gasteiger partial charge in [-0.05, 0) is 39.1 Å². The molecule has 1 atom stereocenters. The van der Waals surface area contributed by atoms with Gasteiger partial charge in [-0.3, -0.25) is 19.5 Å². The van der Waals surface area contributed by atoms with Crippen LogP contribution in [0.4, 0.5) is 11.4 Å². The van der Waals surface area contributed by atoms with Gasteiger partial charge in [-0.1, -0.05) is 29.5 Å². The van der Waals surface area contributed by atoms with E-state index in [4.69, 9.17) is 9.47 Å². The summed E-state index contributed by atoms with van der Waals surface area (Å²) in [5, 5.41) is 11.6. The summed E-state index contributed by atoms with van der Waals surface area (Å²) in [5.41, 5.74) is 2.28. The molecule has 0 saturated carbocycles. The predicted molar refractivity (Wildman–Crippen MR) is 156 cm³/mol. The maximum atomic E-state index is 14.1. The van der Waals surface area contributed by atoms with Gasteiger partial charge in [0.15, 0.2) is 4.80 Å². The van der Waals surface area contributed by atoms with Gasteiger partial charge in [0.25, 0.3) is 11.2 Å². The smallest absolute Gasteiger partial charge is 0.338 e. The highest BCUT2D eigenvalue weighted by Gasteiger charge is 2.35. The van der Waals surface area contributed by atoms with Gasteiger partial charge < -0.3 is 19.3 Å². The normalized spacial score (nSPS) is 17.7. The molecule has 12 heteroatoms. The molecular formula is C29H31N5O6S. The van der Waals surface area contributed by atoms with E-state index in [0.717, 1.165) is 31.9 Å². The fourth-order valence-electron chi connectivity index (χ4n) is 5.23. The van der Waals surface area contributed by atoms with Crippen molar-refractivity contribution in [2.24, 2.45) is 4.99 Å². The highest BCUT2D eigenvalue weighted by Crippen LogP contribution is 2.35. The molecule has 1 fully saturated rings. The molecule has 0 N–H and O–H groups in total. The van der Waals surface area contributed by atoms with Crippen molar-refractivity contribution < 1.29 is 19.2 Å². The minimum Gasteiger partial charge on any atom is -0.496 e. The number of aromatic nitrogens is 1. The van der Waals surface area contributed by atoms with Crippen LogP contribution >= 0.6 is 11.3 Å². The number of piperazine rings is 1. The van der Waals surface area contributed by atoms with Gasteiger partial charge in [0, 0.05) is 55.1 Å². The average molecular weight is 578 g/mol. The SMILES string of the molecule is CCOC(=O)C1=C(C)N=c2s/c(=C/c3cc([N+](=O)[O-])ccc3N3CCN(C)CC3)c(=O)n2C1c1ccccc1OC. The molecule has 11 nitrogen and oxygen atoms in total. The van der Waals surface area contributed by atoms with Gasteiger partial charge in [-0.25, -0.2) is 9.79 Å². The van der Waals surface area contributed by atoms with Crippen molar-refractivity contribution in [2.45, 2.75) is 19.9 Å². The van der Waals surface area contributed by atoms with Crippen LogP contribution in [0.1, 0.15) is 31.0 Å². The van der Waals surface area contributed by atoms with Gasteiger partial charge in [0.05, 0.1) is 34.4 Å². The summed E-state index contributed by atoms with van der Waals surface area (Å²) in [6.07, 6.45) is 1.69. The third-order valence-corrected chi connectivity index (χ3v) is 8.29.